The van der Waals surface area contributed by atoms with E-state index < -0.39 is 5.60 Å². The van der Waals surface area contributed by atoms with Crippen LogP contribution in [0.4, 0.5) is 15.8 Å². The highest BCUT2D eigenvalue weighted by Crippen LogP contribution is 2.23. The molecule has 3 nitrogen and oxygen atoms in total. The molecule has 0 amide bonds. The Balaban J connectivity index is 2.73. The highest BCUT2D eigenvalue weighted by atomic mass is 19.1. The van der Waals surface area contributed by atoms with Gasteiger partial charge in [0.05, 0.1) is 17.0 Å². The lowest BCUT2D eigenvalue weighted by Gasteiger charge is -2.24. The Hall–Kier alpha value is -1.29. The Morgan fingerprint density at radius 2 is 2.12 bits per heavy atom. The summed E-state index contributed by atoms with van der Waals surface area (Å²) in [6.45, 7) is 5.88. The minimum absolute atomic E-state index is 0.312. The van der Waals surface area contributed by atoms with Crippen LogP contribution in [0.5, 0.6) is 0 Å². The second-order valence-electron chi connectivity index (χ2n) is 4.79. The molecule has 0 spiro atoms. The van der Waals surface area contributed by atoms with Gasteiger partial charge in [-0.1, -0.05) is 13.3 Å². The minimum atomic E-state index is -0.774. The van der Waals surface area contributed by atoms with Gasteiger partial charge in [0.2, 0.25) is 0 Å². The topological polar surface area (TPSA) is 58.3 Å². The molecule has 17 heavy (non-hydrogen) atoms. The third kappa shape index (κ3) is 3.89. The van der Waals surface area contributed by atoms with E-state index in [9.17, 15) is 9.50 Å². The second-order valence-corrected chi connectivity index (χ2v) is 4.79. The number of aryl methyl sites for hydroxylation is 1. The number of anilines is 2. The molecule has 0 aromatic heterocycles. The molecule has 0 saturated heterocycles. The van der Waals surface area contributed by atoms with Crippen LogP contribution in [-0.4, -0.2) is 17.3 Å². The van der Waals surface area contributed by atoms with Crippen LogP contribution >= 0.6 is 0 Å². The standard InChI is InChI=1S/C13H21FN2O/c1-4-5-13(3,17)8-16-12-6-9(2)10(14)7-11(12)15/h6-7,16-17H,4-5,8,15H2,1-3H3. The van der Waals surface area contributed by atoms with Crippen LogP contribution in [0, 0.1) is 12.7 Å². The summed E-state index contributed by atoms with van der Waals surface area (Å²) in [5.74, 6) is -0.312. The molecular formula is C13H21FN2O. The van der Waals surface area contributed by atoms with E-state index in [0.29, 0.717) is 29.9 Å². The average molecular weight is 240 g/mol. The molecule has 0 fully saturated rings. The Kier molecular flexibility index (Phi) is 4.34. The summed E-state index contributed by atoms with van der Waals surface area (Å²) in [4.78, 5) is 0. The van der Waals surface area contributed by atoms with E-state index in [4.69, 9.17) is 5.73 Å². The maximum atomic E-state index is 13.2. The summed E-state index contributed by atoms with van der Waals surface area (Å²) < 4.78 is 13.2. The van der Waals surface area contributed by atoms with E-state index in [0.717, 1.165) is 6.42 Å². The summed E-state index contributed by atoms with van der Waals surface area (Å²) in [6, 6.07) is 2.96. The second kappa shape index (κ2) is 5.36. The fraction of sp³-hybridized carbons (Fsp3) is 0.538. The molecule has 0 radical (unpaired) electrons. The van der Waals surface area contributed by atoms with Gasteiger partial charge in [0.25, 0.3) is 0 Å². The lowest BCUT2D eigenvalue weighted by Crippen LogP contribution is -2.33. The van der Waals surface area contributed by atoms with Crippen LogP contribution in [0.15, 0.2) is 12.1 Å². The van der Waals surface area contributed by atoms with Crippen LogP contribution < -0.4 is 11.1 Å². The van der Waals surface area contributed by atoms with Crippen molar-refractivity contribution in [2.24, 2.45) is 0 Å². The molecule has 1 atom stereocenters. The molecule has 4 heteroatoms. The van der Waals surface area contributed by atoms with Crippen LogP contribution in [0.25, 0.3) is 0 Å². The van der Waals surface area contributed by atoms with Crippen molar-refractivity contribution in [3.05, 3.63) is 23.5 Å². The Labute approximate surface area is 102 Å². The van der Waals surface area contributed by atoms with Gasteiger partial charge in [0, 0.05) is 6.54 Å². The lowest BCUT2D eigenvalue weighted by molar-refractivity contribution is 0.0637. The SMILES string of the molecule is CCCC(C)(O)CNc1cc(C)c(F)cc1N. The van der Waals surface area contributed by atoms with Crippen LogP contribution in [0.2, 0.25) is 0 Å². The number of halogens is 1. The zero-order valence-electron chi connectivity index (χ0n) is 10.7. The van der Waals surface area contributed by atoms with E-state index in [1.165, 1.54) is 6.07 Å². The smallest absolute Gasteiger partial charge is 0.128 e. The maximum Gasteiger partial charge on any atom is 0.128 e. The predicted molar refractivity (Wildman–Crippen MR) is 69.6 cm³/mol. The predicted octanol–water partition coefficient (Wildman–Crippen LogP) is 2.68. The number of nitrogens with two attached hydrogens (primary N) is 1. The monoisotopic (exact) mass is 240 g/mol. The van der Waals surface area contributed by atoms with E-state index in [2.05, 4.69) is 5.32 Å². The average Bonchev–Trinajstić information content (AvgIpc) is 2.21. The molecule has 0 saturated carbocycles. The molecule has 1 rings (SSSR count). The number of aliphatic hydroxyl groups is 1. The first-order valence-corrected chi connectivity index (χ1v) is 5.87. The van der Waals surface area contributed by atoms with Crippen molar-refractivity contribution in [3.63, 3.8) is 0 Å². The molecule has 1 aromatic rings. The number of nitrogen functional groups attached to an aromatic ring is 1. The lowest BCUT2D eigenvalue weighted by atomic mass is 10.0. The van der Waals surface area contributed by atoms with Crippen molar-refractivity contribution in [2.45, 2.75) is 39.2 Å². The van der Waals surface area contributed by atoms with Crippen LogP contribution in [0.3, 0.4) is 0 Å². The Morgan fingerprint density at radius 3 is 2.71 bits per heavy atom. The van der Waals surface area contributed by atoms with Gasteiger partial charge in [-0.2, -0.15) is 0 Å². The summed E-state index contributed by atoms with van der Waals surface area (Å²) >= 11 is 0. The normalized spacial score (nSPS) is 14.4. The van der Waals surface area contributed by atoms with Gasteiger partial charge in [-0.05, 0) is 38.0 Å². The minimum Gasteiger partial charge on any atom is -0.397 e. The van der Waals surface area contributed by atoms with Crippen molar-refractivity contribution in [1.29, 1.82) is 0 Å². The van der Waals surface area contributed by atoms with Crippen molar-refractivity contribution in [1.82, 2.24) is 0 Å². The van der Waals surface area contributed by atoms with E-state index in [-0.39, 0.29) is 5.82 Å². The number of rotatable bonds is 5. The molecule has 0 aliphatic carbocycles. The third-order valence-electron chi connectivity index (χ3n) is 2.78. The number of benzene rings is 1. The fourth-order valence-electron chi connectivity index (χ4n) is 1.76. The summed E-state index contributed by atoms with van der Waals surface area (Å²) in [5.41, 5.74) is 6.50. The first kappa shape index (κ1) is 13.8. The van der Waals surface area contributed by atoms with E-state index in [1.807, 2.05) is 6.92 Å². The highest BCUT2D eigenvalue weighted by Gasteiger charge is 2.19. The summed E-state index contributed by atoms with van der Waals surface area (Å²) in [6.07, 6.45) is 1.62. The molecule has 0 bridgehead atoms. The molecule has 0 heterocycles. The van der Waals surface area contributed by atoms with Gasteiger partial charge < -0.3 is 16.2 Å². The van der Waals surface area contributed by atoms with Gasteiger partial charge in [0.15, 0.2) is 0 Å². The molecule has 96 valence electrons. The zero-order valence-corrected chi connectivity index (χ0v) is 10.7. The highest BCUT2D eigenvalue weighted by molar-refractivity contribution is 5.67. The molecule has 4 N–H and O–H groups in total. The van der Waals surface area contributed by atoms with Crippen LogP contribution in [-0.2, 0) is 0 Å². The number of hydrogen-bond donors (Lipinski definition) is 3. The third-order valence-corrected chi connectivity index (χ3v) is 2.78. The molecule has 0 aliphatic heterocycles. The van der Waals surface area contributed by atoms with Crippen molar-refractivity contribution >= 4 is 11.4 Å². The quantitative estimate of drug-likeness (QED) is 0.693. The van der Waals surface area contributed by atoms with Gasteiger partial charge in [-0.3, -0.25) is 0 Å². The van der Waals surface area contributed by atoms with Gasteiger partial charge in [0.1, 0.15) is 5.82 Å². The largest absolute Gasteiger partial charge is 0.397 e. The Morgan fingerprint density at radius 1 is 1.47 bits per heavy atom. The maximum absolute atomic E-state index is 13.2. The van der Waals surface area contributed by atoms with Gasteiger partial charge in [-0.15, -0.1) is 0 Å². The van der Waals surface area contributed by atoms with Crippen LogP contribution in [0.1, 0.15) is 32.3 Å². The van der Waals surface area contributed by atoms with Crippen molar-refractivity contribution in [3.8, 4) is 0 Å². The van der Waals surface area contributed by atoms with Crippen molar-refractivity contribution < 1.29 is 9.50 Å². The van der Waals surface area contributed by atoms with E-state index in [1.54, 1.807) is 19.9 Å². The first-order chi connectivity index (χ1) is 7.85. The molecule has 0 aliphatic rings. The number of hydrogen-bond acceptors (Lipinski definition) is 3. The van der Waals surface area contributed by atoms with Gasteiger partial charge >= 0.3 is 0 Å². The Bertz CT molecular complexity index is 391. The summed E-state index contributed by atoms with van der Waals surface area (Å²) in [7, 11) is 0. The zero-order chi connectivity index (χ0) is 13.1. The van der Waals surface area contributed by atoms with Crippen molar-refractivity contribution in [2.75, 3.05) is 17.6 Å². The van der Waals surface area contributed by atoms with Gasteiger partial charge in [-0.25, -0.2) is 4.39 Å². The molecule has 1 unspecified atom stereocenters. The van der Waals surface area contributed by atoms with E-state index >= 15 is 0 Å². The fourth-order valence-corrected chi connectivity index (χ4v) is 1.76. The molecule has 1 aromatic carbocycles. The molecular weight excluding hydrogens is 219 g/mol. The number of nitrogens with one attached hydrogen (secondary N) is 1. The summed E-state index contributed by atoms with van der Waals surface area (Å²) in [5, 5.41) is 13.1. The first-order valence-electron chi connectivity index (χ1n) is 5.87.